The number of amides is 3. The van der Waals surface area contributed by atoms with Crippen molar-refractivity contribution in [1.82, 2.24) is 15.2 Å². The van der Waals surface area contributed by atoms with Gasteiger partial charge < -0.3 is 14.4 Å². The van der Waals surface area contributed by atoms with E-state index in [0.29, 0.717) is 16.7 Å². The van der Waals surface area contributed by atoms with Crippen LogP contribution in [-0.2, 0) is 21.5 Å². The molecule has 2 aliphatic rings. The van der Waals surface area contributed by atoms with Crippen molar-refractivity contribution < 1.29 is 23.9 Å². The number of imide groups is 1. The van der Waals surface area contributed by atoms with E-state index in [-0.39, 0.29) is 42.1 Å². The number of carbonyl (C=O) groups is 3. The van der Waals surface area contributed by atoms with Crippen LogP contribution in [0.25, 0.3) is 11.1 Å². The number of phenols is 1. The number of aromatic hydroxyl groups is 1. The molecule has 0 aliphatic carbocycles. The first-order valence-corrected chi connectivity index (χ1v) is 9.23. The van der Waals surface area contributed by atoms with Gasteiger partial charge in [0.25, 0.3) is 5.91 Å². The number of carbonyl (C=O) groups excluding carboxylic acids is 3. The van der Waals surface area contributed by atoms with Gasteiger partial charge in [0.15, 0.2) is 5.58 Å². The number of pyridine rings is 1. The summed E-state index contributed by atoms with van der Waals surface area (Å²) in [5, 5.41) is 12.3. The zero-order valence-corrected chi connectivity index (χ0v) is 15.6. The van der Waals surface area contributed by atoms with Crippen LogP contribution in [0, 0.1) is 12.3 Å². The Morgan fingerprint density at radius 1 is 1.30 bits per heavy atom. The number of nitrogens with one attached hydrogen (secondary N) is 1. The molecular formula is C22H15N3O5. The molecule has 1 fully saturated rings. The minimum Gasteiger partial charge on any atom is -0.507 e. The lowest BCUT2D eigenvalue weighted by Crippen LogP contribution is -2.46. The molecular weight excluding hydrogens is 386 g/mol. The number of hydrogen-bond donors (Lipinski definition) is 2. The van der Waals surface area contributed by atoms with E-state index < -0.39 is 23.1 Å². The summed E-state index contributed by atoms with van der Waals surface area (Å²) < 4.78 is 5.87. The molecule has 0 unspecified atom stereocenters. The highest BCUT2D eigenvalue weighted by Gasteiger charge is 2.53. The summed E-state index contributed by atoms with van der Waals surface area (Å²) in [7, 11) is 0. The molecule has 1 aromatic carbocycles. The van der Waals surface area contributed by atoms with Crippen molar-refractivity contribution in [3.63, 3.8) is 0 Å². The lowest BCUT2D eigenvalue weighted by molar-refractivity contribution is -0.126. The van der Waals surface area contributed by atoms with Gasteiger partial charge in [0.2, 0.25) is 11.8 Å². The van der Waals surface area contributed by atoms with Crippen LogP contribution in [0.5, 0.6) is 5.75 Å². The Balaban J connectivity index is 1.58. The van der Waals surface area contributed by atoms with Gasteiger partial charge in [-0.1, -0.05) is 12.0 Å². The van der Waals surface area contributed by atoms with Crippen molar-refractivity contribution in [2.24, 2.45) is 0 Å². The molecule has 4 heterocycles. The smallest absolute Gasteiger partial charge is 0.255 e. The van der Waals surface area contributed by atoms with Gasteiger partial charge in [-0.25, -0.2) is 0 Å². The van der Waals surface area contributed by atoms with E-state index in [4.69, 9.17) is 10.8 Å². The average Bonchev–Trinajstić information content (AvgIpc) is 3.37. The Labute approximate surface area is 170 Å². The molecule has 0 bridgehead atoms. The monoisotopic (exact) mass is 401 g/mol. The summed E-state index contributed by atoms with van der Waals surface area (Å²) in [6.07, 6.45) is 6.93. The minimum absolute atomic E-state index is 0.0807. The highest BCUT2D eigenvalue weighted by atomic mass is 16.3. The third-order valence-electron chi connectivity index (χ3n) is 5.65. The largest absolute Gasteiger partial charge is 0.507 e. The number of furan rings is 1. The van der Waals surface area contributed by atoms with Gasteiger partial charge in [0, 0.05) is 25.4 Å². The summed E-state index contributed by atoms with van der Waals surface area (Å²) in [5.74, 6) is 1.09. The summed E-state index contributed by atoms with van der Waals surface area (Å²) >= 11 is 0. The normalized spacial score (nSPS) is 20.5. The number of fused-ring (bicyclic) bond motifs is 2. The predicted octanol–water partition coefficient (Wildman–Crippen LogP) is 1.46. The summed E-state index contributed by atoms with van der Waals surface area (Å²) in [4.78, 5) is 43.8. The molecule has 5 rings (SSSR count). The second kappa shape index (κ2) is 6.19. The summed E-state index contributed by atoms with van der Waals surface area (Å²) in [6, 6.07) is 8.11. The van der Waals surface area contributed by atoms with Crippen LogP contribution in [0.3, 0.4) is 0 Å². The van der Waals surface area contributed by atoms with E-state index >= 15 is 0 Å². The molecule has 8 nitrogen and oxygen atoms in total. The SMILES string of the molecule is C#Cc1c(O)ccc2c1C(=O)N(C[C@@]1(c3cc4ncccc4o3)CC(=O)NC1=O)C2. The number of aromatic nitrogens is 1. The van der Waals surface area contributed by atoms with Crippen molar-refractivity contribution >= 4 is 28.8 Å². The van der Waals surface area contributed by atoms with Crippen LogP contribution in [0.2, 0.25) is 0 Å². The predicted molar refractivity (Wildman–Crippen MR) is 104 cm³/mol. The molecule has 2 aromatic heterocycles. The van der Waals surface area contributed by atoms with E-state index in [2.05, 4.69) is 16.2 Å². The Bertz CT molecular complexity index is 1270. The molecule has 0 radical (unpaired) electrons. The van der Waals surface area contributed by atoms with Crippen molar-refractivity contribution in [2.45, 2.75) is 18.4 Å². The van der Waals surface area contributed by atoms with Crippen molar-refractivity contribution in [3.05, 3.63) is 59.0 Å². The Morgan fingerprint density at radius 2 is 2.13 bits per heavy atom. The van der Waals surface area contributed by atoms with E-state index in [1.165, 1.54) is 11.0 Å². The molecule has 148 valence electrons. The van der Waals surface area contributed by atoms with Gasteiger partial charge in [-0.15, -0.1) is 6.42 Å². The molecule has 0 spiro atoms. The molecule has 0 saturated carbocycles. The van der Waals surface area contributed by atoms with Crippen LogP contribution in [0.4, 0.5) is 0 Å². The number of phenolic OH excluding ortho intramolecular Hbond substituents is 1. The molecule has 30 heavy (non-hydrogen) atoms. The van der Waals surface area contributed by atoms with Gasteiger partial charge in [0.05, 0.1) is 17.5 Å². The summed E-state index contributed by atoms with van der Waals surface area (Å²) in [5.41, 5.74) is 0.659. The molecule has 3 aromatic rings. The Kier molecular flexibility index (Phi) is 3.70. The van der Waals surface area contributed by atoms with Gasteiger partial charge in [-0.3, -0.25) is 24.7 Å². The Morgan fingerprint density at radius 3 is 2.83 bits per heavy atom. The summed E-state index contributed by atoms with van der Waals surface area (Å²) in [6.45, 7) is 0.119. The fraction of sp³-hybridized carbons (Fsp3) is 0.182. The fourth-order valence-electron chi connectivity index (χ4n) is 4.20. The highest BCUT2D eigenvalue weighted by molar-refractivity contribution is 6.10. The maximum atomic E-state index is 13.1. The van der Waals surface area contributed by atoms with Crippen LogP contribution >= 0.6 is 0 Å². The lowest BCUT2D eigenvalue weighted by atomic mass is 9.82. The first-order chi connectivity index (χ1) is 14.4. The number of terminal acetylenes is 1. The molecule has 2 aliphatic heterocycles. The van der Waals surface area contributed by atoms with Crippen molar-refractivity contribution in [3.8, 4) is 18.1 Å². The van der Waals surface area contributed by atoms with Gasteiger partial charge in [-0.2, -0.15) is 0 Å². The molecule has 8 heteroatoms. The number of nitrogens with zero attached hydrogens (tertiary/aromatic N) is 2. The molecule has 1 saturated heterocycles. The van der Waals surface area contributed by atoms with Crippen molar-refractivity contribution in [2.75, 3.05) is 6.54 Å². The quantitative estimate of drug-likeness (QED) is 0.508. The third kappa shape index (κ3) is 2.42. The van der Waals surface area contributed by atoms with Crippen LogP contribution in [-0.4, -0.2) is 39.3 Å². The highest BCUT2D eigenvalue weighted by Crippen LogP contribution is 2.39. The number of rotatable bonds is 3. The third-order valence-corrected chi connectivity index (χ3v) is 5.65. The second-order valence-corrected chi connectivity index (χ2v) is 7.43. The average molecular weight is 401 g/mol. The zero-order valence-electron chi connectivity index (χ0n) is 15.6. The van der Waals surface area contributed by atoms with Crippen LogP contribution < -0.4 is 5.32 Å². The zero-order chi connectivity index (χ0) is 21.0. The lowest BCUT2D eigenvalue weighted by Gasteiger charge is -2.28. The Hall–Kier alpha value is -4.12. The van der Waals surface area contributed by atoms with Crippen LogP contribution in [0.1, 0.15) is 33.7 Å². The second-order valence-electron chi connectivity index (χ2n) is 7.43. The minimum atomic E-state index is -1.38. The molecule has 1 atom stereocenters. The first-order valence-electron chi connectivity index (χ1n) is 9.23. The number of hydrogen-bond acceptors (Lipinski definition) is 6. The maximum Gasteiger partial charge on any atom is 0.255 e. The standard InChI is InChI=1S/C22H15N3O5/c1-2-13-15(26)6-5-12-10-25(20(28)19(12)13)11-22(9-18(27)24-21(22)29)17-8-14-16(30-17)4-3-7-23-14/h1,3-8,26H,9-11H2,(H,24,27,29)/t22-/m1/s1. The topological polar surface area (TPSA) is 113 Å². The van der Waals surface area contributed by atoms with Gasteiger partial charge >= 0.3 is 0 Å². The van der Waals surface area contributed by atoms with Crippen LogP contribution in [0.15, 0.2) is 40.9 Å². The van der Waals surface area contributed by atoms with E-state index in [1.807, 2.05) is 0 Å². The molecule has 2 N–H and O–H groups in total. The van der Waals surface area contributed by atoms with E-state index in [0.717, 1.165) is 0 Å². The van der Waals surface area contributed by atoms with E-state index in [1.54, 1.807) is 30.5 Å². The van der Waals surface area contributed by atoms with Gasteiger partial charge in [-0.05, 0) is 23.8 Å². The van der Waals surface area contributed by atoms with E-state index in [9.17, 15) is 19.5 Å². The van der Waals surface area contributed by atoms with Crippen molar-refractivity contribution in [1.29, 1.82) is 0 Å². The molecule has 3 amide bonds. The number of benzene rings is 1. The van der Waals surface area contributed by atoms with Gasteiger partial charge in [0.1, 0.15) is 22.4 Å². The fourth-order valence-corrected chi connectivity index (χ4v) is 4.20. The first kappa shape index (κ1) is 17.9. The maximum absolute atomic E-state index is 13.1.